The minimum Gasteiger partial charge on any atom is -0.336 e. The van der Waals surface area contributed by atoms with Crippen molar-refractivity contribution in [2.45, 2.75) is 12.1 Å². The first-order valence-corrected chi connectivity index (χ1v) is 5.19. The lowest BCUT2D eigenvalue weighted by Crippen LogP contribution is -2.11. The van der Waals surface area contributed by atoms with Crippen molar-refractivity contribution in [2.75, 3.05) is 11.6 Å². The molecule has 0 aliphatic heterocycles. The fourth-order valence-electron chi connectivity index (χ4n) is 0.613. The lowest BCUT2D eigenvalue weighted by molar-refractivity contribution is 0.826. The van der Waals surface area contributed by atoms with E-state index in [4.69, 9.17) is 29.0 Å². The van der Waals surface area contributed by atoms with E-state index in [1.165, 1.54) is 22.0 Å². The maximum absolute atomic E-state index is 5.68. The van der Waals surface area contributed by atoms with Gasteiger partial charge in [0.25, 0.3) is 0 Å². The number of nitrogen functional groups attached to an aromatic ring is 1. The molecule has 4 nitrogen and oxygen atoms in total. The SMILES string of the molecule is Cc1nnc(SC/C(Cl)=C/Cl)n1N. The summed E-state index contributed by atoms with van der Waals surface area (Å²) in [5.41, 5.74) is 1.32. The molecule has 0 aliphatic carbocycles. The Morgan fingerprint density at radius 1 is 1.69 bits per heavy atom. The number of thioether (sulfide) groups is 1. The van der Waals surface area contributed by atoms with Gasteiger partial charge in [0.2, 0.25) is 5.16 Å². The van der Waals surface area contributed by atoms with Crippen molar-refractivity contribution >= 4 is 35.0 Å². The fourth-order valence-corrected chi connectivity index (χ4v) is 1.67. The quantitative estimate of drug-likeness (QED) is 0.644. The average Bonchev–Trinajstić information content (AvgIpc) is 2.44. The molecular weight excluding hydrogens is 231 g/mol. The molecule has 0 aromatic carbocycles. The van der Waals surface area contributed by atoms with Crippen LogP contribution < -0.4 is 5.84 Å². The highest BCUT2D eigenvalue weighted by Crippen LogP contribution is 2.19. The third-order valence-corrected chi connectivity index (χ3v) is 3.06. The Labute approximate surface area is 90.1 Å². The molecule has 0 radical (unpaired) electrons. The van der Waals surface area contributed by atoms with Crippen LogP contribution in [0, 0.1) is 6.92 Å². The fraction of sp³-hybridized carbons (Fsp3) is 0.333. The molecule has 0 saturated carbocycles. The van der Waals surface area contributed by atoms with E-state index in [9.17, 15) is 0 Å². The molecular formula is C6H8Cl2N4S. The van der Waals surface area contributed by atoms with Crippen LogP contribution in [0.25, 0.3) is 0 Å². The standard InChI is InChI=1S/C6H8Cl2N4S/c1-4-10-11-6(12(4)9)13-3-5(8)2-7/h2H,3,9H2,1H3/b5-2-. The van der Waals surface area contributed by atoms with Crippen molar-refractivity contribution in [1.29, 1.82) is 0 Å². The lowest BCUT2D eigenvalue weighted by atomic mass is 10.7. The maximum atomic E-state index is 5.68. The predicted octanol–water partition coefficient (Wildman–Crippen LogP) is 1.71. The Morgan fingerprint density at radius 2 is 2.38 bits per heavy atom. The number of aryl methyl sites for hydroxylation is 1. The van der Waals surface area contributed by atoms with E-state index in [1.54, 1.807) is 6.92 Å². The van der Waals surface area contributed by atoms with Crippen LogP contribution in [-0.4, -0.2) is 20.6 Å². The van der Waals surface area contributed by atoms with Crippen molar-refractivity contribution in [1.82, 2.24) is 14.9 Å². The zero-order chi connectivity index (χ0) is 9.84. The van der Waals surface area contributed by atoms with Gasteiger partial charge in [0.1, 0.15) is 5.82 Å². The molecule has 0 saturated heterocycles. The summed E-state index contributed by atoms with van der Waals surface area (Å²) in [5.74, 6) is 6.81. The molecule has 72 valence electrons. The van der Waals surface area contributed by atoms with E-state index in [0.29, 0.717) is 21.8 Å². The molecule has 0 spiro atoms. The highest BCUT2D eigenvalue weighted by molar-refractivity contribution is 7.99. The topological polar surface area (TPSA) is 56.7 Å². The summed E-state index contributed by atoms with van der Waals surface area (Å²) >= 11 is 12.4. The minimum absolute atomic E-state index is 0.542. The Kier molecular flexibility index (Phi) is 3.90. The Morgan fingerprint density at radius 3 is 2.85 bits per heavy atom. The summed E-state index contributed by atoms with van der Waals surface area (Å²) in [6.07, 6.45) is 0. The highest BCUT2D eigenvalue weighted by atomic mass is 35.5. The van der Waals surface area contributed by atoms with Crippen molar-refractivity contribution in [2.24, 2.45) is 0 Å². The molecule has 0 amide bonds. The molecule has 0 atom stereocenters. The monoisotopic (exact) mass is 238 g/mol. The van der Waals surface area contributed by atoms with Crippen molar-refractivity contribution in [3.63, 3.8) is 0 Å². The average molecular weight is 239 g/mol. The van der Waals surface area contributed by atoms with Crippen LogP contribution in [0.4, 0.5) is 0 Å². The largest absolute Gasteiger partial charge is 0.336 e. The second-order valence-electron chi connectivity index (χ2n) is 2.24. The van der Waals surface area contributed by atoms with Crippen molar-refractivity contribution in [3.05, 3.63) is 16.4 Å². The third kappa shape index (κ3) is 2.79. The number of hydrogen-bond acceptors (Lipinski definition) is 4. The van der Waals surface area contributed by atoms with Crippen LogP contribution in [-0.2, 0) is 0 Å². The summed E-state index contributed by atoms with van der Waals surface area (Å²) in [4.78, 5) is 0. The van der Waals surface area contributed by atoms with Gasteiger partial charge in [-0.1, -0.05) is 35.0 Å². The number of nitrogens with two attached hydrogens (primary N) is 1. The second-order valence-corrected chi connectivity index (χ2v) is 3.89. The number of rotatable bonds is 3. The van der Waals surface area contributed by atoms with Gasteiger partial charge in [-0.25, -0.2) is 4.68 Å². The van der Waals surface area contributed by atoms with Gasteiger partial charge in [-0.2, -0.15) is 0 Å². The van der Waals surface area contributed by atoms with Gasteiger partial charge in [-0.05, 0) is 6.92 Å². The first-order chi connectivity index (χ1) is 6.15. The molecule has 7 heteroatoms. The van der Waals surface area contributed by atoms with Crippen molar-refractivity contribution in [3.8, 4) is 0 Å². The van der Waals surface area contributed by atoms with Crippen LogP contribution in [0.15, 0.2) is 15.7 Å². The molecule has 0 bridgehead atoms. The highest BCUT2D eigenvalue weighted by Gasteiger charge is 2.06. The summed E-state index contributed by atoms with van der Waals surface area (Å²) in [5, 5.41) is 8.80. The van der Waals surface area contributed by atoms with E-state index in [-0.39, 0.29) is 0 Å². The summed E-state index contributed by atoms with van der Waals surface area (Å²) in [7, 11) is 0. The summed E-state index contributed by atoms with van der Waals surface area (Å²) in [6, 6.07) is 0. The van der Waals surface area contributed by atoms with Gasteiger partial charge in [0.05, 0.1) is 0 Å². The molecule has 1 rings (SSSR count). The van der Waals surface area contributed by atoms with Gasteiger partial charge >= 0.3 is 0 Å². The normalized spacial score (nSPS) is 12.1. The number of nitrogens with zero attached hydrogens (tertiary/aromatic N) is 3. The molecule has 0 aliphatic rings. The molecule has 2 N–H and O–H groups in total. The first-order valence-electron chi connectivity index (χ1n) is 3.39. The lowest BCUT2D eigenvalue weighted by Gasteiger charge is -1.99. The van der Waals surface area contributed by atoms with Gasteiger partial charge in [-0.15, -0.1) is 10.2 Å². The number of halogens is 2. The summed E-state index contributed by atoms with van der Waals surface area (Å²) < 4.78 is 1.41. The number of aromatic nitrogens is 3. The zero-order valence-corrected chi connectivity index (χ0v) is 9.20. The van der Waals surface area contributed by atoms with Crippen LogP contribution >= 0.6 is 35.0 Å². The Bertz CT molecular complexity index is 322. The van der Waals surface area contributed by atoms with Gasteiger partial charge in [0, 0.05) is 16.3 Å². The minimum atomic E-state index is 0.542. The Balaban J connectivity index is 2.60. The van der Waals surface area contributed by atoms with Gasteiger partial charge in [-0.3, -0.25) is 0 Å². The second kappa shape index (κ2) is 4.74. The van der Waals surface area contributed by atoms with E-state index >= 15 is 0 Å². The zero-order valence-electron chi connectivity index (χ0n) is 6.87. The van der Waals surface area contributed by atoms with E-state index < -0.39 is 0 Å². The van der Waals surface area contributed by atoms with Crippen LogP contribution in [0.2, 0.25) is 0 Å². The number of hydrogen-bond donors (Lipinski definition) is 1. The molecule has 0 fully saturated rings. The van der Waals surface area contributed by atoms with E-state index in [0.717, 1.165) is 0 Å². The van der Waals surface area contributed by atoms with Crippen LogP contribution in [0.3, 0.4) is 0 Å². The first kappa shape index (κ1) is 10.7. The molecule has 0 unspecified atom stereocenters. The van der Waals surface area contributed by atoms with Crippen LogP contribution in [0.5, 0.6) is 0 Å². The van der Waals surface area contributed by atoms with Crippen molar-refractivity contribution < 1.29 is 0 Å². The summed E-state index contributed by atoms with van der Waals surface area (Å²) in [6.45, 7) is 1.77. The molecule has 1 heterocycles. The Hall–Kier alpha value is -0.390. The van der Waals surface area contributed by atoms with Crippen LogP contribution in [0.1, 0.15) is 5.82 Å². The molecule has 1 aromatic rings. The molecule has 1 aromatic heterocycles. The predicted molar refractivity (Wildman–Crippen MR) is 55.4 cm³/mol. The maximum Gasteiger partial charge on any atom is 0.210 e. The van der Waals surface area contributed by atoms with Gasteiger partial charge in [0.15, 0.2) is 0 Å². The third-order valence-electron chi connectivity index (χ3n) is 1.29. The van der Waals surface area contributed by atoms with E-state index in [2.05, 4.69) is 10.2 Å². The van der Waals surface area contributed by atoms with Gasteiger partial charge < -0.3 is 5.84 Å². The smallest absolute Gasteiger partial charge is 0.210 e. The van der Waals surface area contributed by atoms with E-state index in [1.807, 2.05) is 0 Å². The molecule has 13 heavy (non-hydrogen) atoms.